The first-order valence-corrected chi connectivity index (χ1v) is 8.61. The zero-order valence-electron chi connectivity index (χ0n) is 11.0. The Hall–Kier alpha value is -0.830. The van der Waals surface area contributed by atoms with Crippen molar-refractivity contribution in [3.8, 4) is 5.75 Å². The van der Waals surface area contributed by atoms with Crippen LogP contribution in [0.2, 0.25) is 5.02 Å². The Balaban J connectivity index is 2.28. The van der Waals surface area contributed by atoms with E-state index in [1.807, 2.05) is 0 Å². The fraction of sp³-hybridized carbons (Fsp3) is 0.417. The summed E-state index contributed by atoms with van der Waals surface area (Å²) in [6.07, 6.45) is -0.0393. The summed E-state index contributed by atoms with van der Waals surface area (Å²) in [5.74, 6) is -0.910. The molecule has 9 heteroatoms. The molecule has 21 heavy (non-hydrogen) atoms. The van der Waals surface area contributed by atoms with Crippen molar-refractivity contribution in [3.63, 3.8) is 0 Å². The maximum atomic E-state index is 12.5. The molecule has 0 atom stereocenters. The van der Waals surface area contributed by atoms with Gasteiger partial charge in [-0.25, -0.2) is 8.42 Å². The summed E-state index contributed by atoms with van der Waals surface area (Å²) in [6, 6.07) is 2.87. The van der Waals surface area contributed by atoms with Gasteiger partial charge in [-0.3, -0.25) is 4.79 Å². The number of benzene rings is 1. The summed E-state index contributed by atoms with van der Waals surface area (Å²) < 4.78 is 31.9. The molecule has 1 saturated heterocycles. The molecule has 0 bridgehead atoms. The zero-order chi connectivity index (χ0) is 15.8. The van der Waals surface area contributed by atoms with Crippen LogP contribution in [-0.4, -0.2) is 44.0 Å². The van der Waals surface area contributed by atoms with Crippen molar-refractivity contribution in [1.82, 2.24) is 4.31 Å². The van der Waals surface area contributed by atoms with E-state index in [-0.39, 0.29) is 41.1 Å². The molecule has 1 aromatic carbocycles. The van der Waals surface area contributed by atoms with Crippen LogP contribution in [0.1, 0.15) is 6.42 Å². The number of ether oxygens (including phenoxy) is 1. The molecule has 6 nitrogen and oxygen atoms in total. The van der Waals surface area contributed by atoms with Gasteiger partial charge in [-0.1, -0.05) is 11.6 Å². The predicted octanol–water partition coefficient (Wildman–Crippen LogP) is 2.21. The maximum Gasteiger partial charge on any atom is 0.303 e. The molecule has 1 heterocycles. The van der Waals surface area contributed by atoms with Crippen LogP contribution < -0.4 is 4.74 Å². The first kappa shape index (κ1) is 16.5. The molecule has 1 aromatic rings. The Morgan fingerprint density at radius 1 is 1.52 bits per heavy atom. The second kappa shape index (κ2) is 6.12. The summed E-state index contributed by atoms with van der Waals surface area (Å²) in [4.78, 5) is 10.6. The Morgan fingerprint density at radius 3 is 2.67 bits per heavy atom. The van der Waals surface area contributed by atoms with E-state index >= 15 is 0 Å². The van der Waals surface area contributed by atoms with Crippen molar-refractivity contribution in [1.29, 1.82) is 0 Å². The van der Waals surface area contributed by atoms with Crippen molar-refractivity contribution in [2.75, 3.05) is 20.2 Å². The highest BCUT2D eigenvalue weighted by atomic mass is 79.9. The molecule has 0 radical (unpaired) electrons. The number of carbonyl (C=O) groups is 1. The molecule has 1 fully saturated rings. The van der Waals surface area contributed by atoms with Gasteiger partial charge in [0.25, 0.3) is 0 Å². The summed E-state index contributed by atoms with van der Waals surface area (Å²) in [6.45, 7) is 0.365. The Labute approximate surface area is 135 Å². The lowest BCUT2D eigenvalue weighted by Gasteiger charge is -2.37. The Kier molecular flexibility index (Phi) is 4.82. The van der Waals surface area contributed by atoms with E-state index in [0.717, 1.165) is 0 Å². The second-order valence-electron chi connectivity index (χ2n) is 4.70. The van der Waals surface area contributed by atoms with Gasteiger partial charge in [0.2, 0.25) is 10.0 Å². The smallest absolute Gasteiger partial charge is 0.303 e. The molecule has 0 saturated carbocycles. The molecule has 0 aliphatic carbocycles. The van der Waals surface area contributed by atoms with Crippen LogP contribution in [0, 0.1) is 5.92 Å². The van der Waals surface area contributed by atoms with Gasteiger partial charge >= 0.3 is 5.97 Å². The predicted molar refractivity (Wildman–Crippen MR) is 80.2 cm³/mol. The topological polar surface area (TPSA) is 83.9 Å². The van der Waals surface area contributed by atoms with E-state index in [4.69, 9.17) is 21.4 Å². The molecule has 2 rings (SSSR count). The molecule has 0 aromatic heterocycles. The highest BCUT2D eigenvalue weighted by molar-refractivity contribution is 9.10. The minimum absolute atomic E-state index is 0.0295. The number of sulfonamides is 1. The largest absolute Gasteiger partial charge is 0.494 e. The van der Waals surface area contributed by atoms with Crippen LogP contribution in [0.5, 0.6) is 5.75 Å². The number of hydrogen-bond acceptors (Lipinski definition) is 4. The van der Waals surface area contributed by atoms with Gasteiger partial charge in [0.1, 0.15) is 4.90 Å². The van der Waals surface area contributed by atoms with E-state index in [0.29, 0.717) is 4.47 Å². The third kappa shape index (κ3) is 3.33. The number of carboxylic acid groups (broad SMARTS) is 1. The van der Waals surface area contributed by atoms with Crippen LogP contribution in [-0.2, 0) is 14.8 Å². The molecule has 0 spiro atoms. The van der Waals surface area contributed by atoms with Crippen molar-refractivity contribution in [3.05, 3.63) is 21.6 Å². The van der Waals surface area contributed by atoms with Crippen LogP contribution in [0.25, 0.3) is 0 Å². The Bertz CT molecular complexity index is 672. The lowest BCUT2D eigenvalue weighted by atomic mass is 10.00. The fourth-order valence-electron chi connectivity index (χ4n) is 2.16. The number of aliphatic carboxylic acids is 1. The molecule has 116 valence electrons. The number of carboxylic acids is 1. The SMILES string of the molecule is COc1c(Br)cc(Cl)cc1S(=O)(=O)N1CC(CC(=O)O)C1. The van der Waals surface area contributed by atoms with E-state index in [9.17, 15) is 13.2 Å². The van der Waals surface area contributed by atoms with Crippen LogP contribution in [0.15, 0.2) is 21.5 Å². The van der Waals surface area contributed by atoms with Crippen LogP contribution >= 0.6 is 27.5 Å². The van der Waals surface area contributed by atoms with Gasteiger partial charge in [-0.15, -0.1) is 0 Å². The average Bonchev–Trinajstić information content (AvgIpc) is 2.31. The minimum Gasteiger partial charge on any atom is -0.494 e. The number of hydrogen-bond donors (Lipinski definition) is 1. The minimum atomic E-state index is -3.76. The number of nitrogens with zero attached hydrogens (tertiary/aromatic N) is 1. The quantitative estimate of drug-likeness (QED) is 0.822. The maximum absolute atomic E-state index is 12.5. The van der Waals surface area contributed by atoms with Gasteiger partial charge in [-0.2, -0.15) is 4.31 Å². The van der Waals surface area contributed by atoms with E-state index < -0.39 is 16.0 Å². The normalized spacial score (nSPS) is 16.5. The van der Waals surface area contributed by atoms with Crippen molar-refractivity contribution < 1.29 is 23.1 Å². The summed E-state index contributed by atoms with van der Waals surface area (Å²) >= 11 is 9.12. The molecule has 0 unspecified atom stereocenters. The molecule has 1 N–H and O–H groups in total. The van der Waals surface area contributed by atoms with Crippen molar-refractivity contribution >= 4 is 43.5 Å². The highest BCUT2D eigenvalue weighted by Gasteiger charge is 2.39. The van der Waals surface area contributed by atoms with Crippen LogP contribution in [0.3, 0.4) is 0 Å². The summed E-state index contributed by atoms with van der Waals surface area (Å²) in [5.41, 5.74) is 0. The third-order valence-corrected chi connectivity index (χ3v) is 5.83. The molecular weight excluding hydrogens is 386 g/mol. The number of methoxy groups -OCH3 is 1. The van der Waals surface area contributed by atoms with E-state index in [1.165, 1.54) is 17.5 Å². The van der Waals surface area contributed by atoms with Crippen molar-refractivity contribution in [2.45, 2.75) is 11.3 Å². The van der Waals surface area contributed by atoms with E-state index in [1.54, 1.807) is 6.07 Å². The molecular formula is C12H13BrClNO5S. The first-order chi connectivity index (χ1) is 9.75. The van der Waals surface area contributed by atoms with Gasteiger partial charge in [0.15, 0.2) is 5.75 Å². The van der Waals surface area contributed by atoms with Gasteiger partial charge in [0, 0.05) is 18.1 Å². The second-order valence-corrected chi connectivity index (χ2v) is 7.90. The average molecular weight is 399 g/mol. The lowest BCUT2D eigenvalue weighted by molar-refractivity contribution is -0.139. The zero-order valence-corrected chi connectivity index (χ0v) is 14.2. The monoisotopic (exact) mass is 397 g/mol. The van der Waals surface area contributed by atoms with E-state index in [2.05, 4.69) is 15.9 Å². The number of halogens is 2. The lowest BCUT2D eigenvalue weighted by Crippen LogP contribution is -2.50. The Morgan fingerprint density at radius 2 is 2.14 bits per heavy atom. The summed E-state index contributed by atoms with van der Waals surface area (Å²) in [5, 5.41) is 8.97. The third-order valence-electron chi connectivity index (χ3n) is 3.18. The van der Waals surface area contributed by atoms with Gasteiger partial charge in [0.05, 0.1) is 18.0 Å². The standard InChI is InChI=1S/C12H13BrClNO5S/c1-20-12-9(13)3-8(14)4-10(12)21(18,19)15-5-7(6-15)2-11(16)17/h3-4,7H,2,5-6H2,1H3,(H,16,17). The first-order valence-electron chi connectivity index (χ1n) is 6.00. The van der Waals surface area contributed by atoms with Gasteiger partial charge in [-0.05, 0) is 34.0 Å². The highest BCUT2D eigenvalue weighted by Crippen LogP contribution is 2.38. The number of rotatable bonds is 5. The fourth-order valence-corrected chi connectivity index (χ4v) is 5.12. The van der Waals surface area contributed by atoms with Crippen molar-refractivity contribution in [2.24, 2.45) is 5.92 Å². The molecule has 1 aliphatic rings. The van der Waals surface area contributed by atoms with Gasteiger partial charge < -0.3 is 9.84 Å². The van der Waals surface area contributed by atoms with Crippen LogP contribution in [0.4, 0.5) is 0 Å². The summed E-state index contributed by atoms with van der Waals surface area (Å²) in [7, 11) is -2.39. The molecule has 1 aliphatic heterocycles. The molecule has 0 amide bonds.